The summed E-state index contributed by atoms with van der Waals surface area (Å²) in [5, 5.41) is 0. The van der Waals surface area contributed by atoms with Gasteiger partial charge >= 0.3 is 0 Å². The SMILES string of the molecule is NCC1CCN(C(=O)c2cccc(S(=O)(=O)NCc3ccccc3)c2)CC1. The molecule has 0 bridgehead atoms. The van der Waals surface area contributed by atoms with Crippen LogP contribution in [0.5, 0.6) is 0 Å². The summed E-state index contributed by atoms with van der Waals surface area (Å²) in [6, 6.07) is 15.5. The molecule has 0 radical (unpaired) electrons. The van der Waals surface area contributed by atoms with E-state index in [0.29, 0.717) is 31.1 Å². The molecule has 7 heteroatoms. The normalized spacial score (nSPS) is 15.7. The van der Waals surface area contributed by atoms with Crippen molar-refractivity contribution in [2.45, 2.75) is 24.3 Å². The number of sulfonamides is 1. The summed E-state index contributed by atoms with van der Waals surface area (Å²) >= 11 is 0. The quantitative estimate of drug-likeness (QED) is 0.793. The van der Waals surface area contributed by atoms with E-state index in [2.05, 4.69) is 4.72 Å². The summed E-state index contributed by atoms with van der Waals surface area (Å²) in [5.74, 6) is 0.327. The Balaban J connectivity index is 1.70. The van der Waals surface area contributed by atoms with E-state index in [1.807, 2.05) is 30.3 Å². The van der Waals surface area contributed by atoms with Gasteiger partial charge in [-0.15, -0.1) is 0 Å². The van der Waals surface area contributed by atoms with Gasteiger partial charge < -0.3 is 10.6 Å². The van der Waals surface area contributed by atoms with Crippen molar-refractivity contribution in [2.75, 3.05) is 19.6 Å². The van der Waals surface area contributed by atoms with E-state index in [1.165, 1.54) is 12.1 Å². The summed E-state index contributed by atoms with van der Waals surface area (Å²) in [6.45, 7) is 2.16. The molecule has 0 unspecified atom stereocenters. The van der Waals surface area contributed by atoms with Crippen molar-refractivity contribution in [3.8, 4) is 0 Å². The van der Waals surface area contributed by atoms with Gasteiger partial charge in [-0.3, -0.25) is 4.79 Å². The maximum Gasteiger partial charge on any atom is 0.253 e. The maximum atomic E-state index is 12.7. The Bertz CT molecular complexity index is 876. The molecular weight excluding hydrogens is 362 g/mol. The van der Waals surface area contributed by atoms with Gasteiger partial charge in [-0.25, -0.2) is 13.1 Å². The second-order valence-corrected chi connectivity index (χ2v) is 8.58. The van der Waals surface area contributed by atoms with Crippen molar-refractivity contribution in [3.05, 3.63) is 65.7 Å². The molecule has 1 aliphatic rings. The highest BCUT2D eigenvalue weighted by atomic mass is 32.2. The van der Waals surface area contributed by atoms with Crippen LogP contribution in [-0.2, 0) is 16.6 Å². The predicted molar refractivity (Wildman–Crippen MR) is 105 cm³/mol. The molecule has 1 saturated heterocycles. The van der Waals surface area contributed by atoms with Crippen molar-refractivity contribution < 1.29 is 13.2 Å². The Kier molecular flexibility index (Phi) is 6.26. The molecule has 27 heavy (non-hydrogen) atoms. The van der Waals surface area contributed by atoms with Crippen LogP contribution in [0.15, 0.2) is 59.5 Å². The standard InChI is InChI=1S/C20H25N3O3S/c21-14-16-9-11-23(12-10-16)20(24)18-7-4-8-19(13-18)27(25,26)22-15-17-5-2-1-3-6-17/h1-8,13,16,22H,9-12,14-15,21H2. The first-order valence-electron chi connectivity index (χ1n) is 9.12. The Hall–Kier alpha value is -2.22. The smallest absolute Gasteiger partial charge is 0.253 e. The van der Waals surface area contributed by atoms with E-state index in [9.17, 15) is 13.2 Å². The highest BCUT2D eigenvalue weighted by molar-refractivity contribution is 7.89. The van der Waals surface area contributed by atoms with Crippen LogP contribution in [0.4, 0.5) is 0 Å². The van der Waals surface area contributed by atoms with E-state index in [0.717, 1.165) is 18.4 Å². The second-order valence-electron chi connectivity index (χ2n) is 6.81. The molecule has 1 fully saturated rings. The van der Waals surface area contributed by atoms with Gasteiger partial charge in [-0.2, -0.15) is 0 Å². The zero-order valence-corrected chi connectivity index (χ0v) is 16.0. The summed E-state index contributed by atoms with van der Waals surface area (Å²) in [7, 11) is -3.70. The van der Waals surface area contributed by atoms with Crippen LogP contribution >= 0.6 is 0 Å². The first-order valence-corrected chi connectivity index (χ1v) is 10.6. The monoisotopic (exact) mass is 387 g/mol. The number of piperidine rings is 1. The molecule has 6 nitrogen and oxygen atoms in total. The Morgan fingerprint density at radius 1 is 1.07 bits per heavy atom. The van der Waals surface area contributed by atoms with Gasteiger partial charge in [-0.1, -0.05) is 36.4 Å². The molecule has 1 amide bonds. The van der Waals surface area contributed by atoms with E-state index in [-0.39, 0.29) is 17.3 Å². The zero-order chi connectivity index (χ0) is 19.3. The fourth-order valence-electron chi connectivity index (χ4n) is 3.21. The first kappa shape index (κ1) is 19.5. The number of carbonyl (C=O) groups is 1. The number of hydrogen-bond acceptors (Lipinski definition) is 4. The Morgan fingerprint density at radius 3 is 2.44 bits per heavy atom. The minimum atomic E-state index is -3.70. The van der Waals surface area contributed by atoms with E-state index in [4.69, 9.17) is 5.73 Å². The number of nitrogens with two attached hydrogens (primary N) is 1. The lowest BCUT2D eigenvalue weighted by molar-refractivity contribution is 0.0693. The number of likely N-dealkylation sites (tertiary alicyclic amines) is 1. The largest absolute Gasteiger partial charge is 0.339 e. The minimum absolute atomic E-state index is 0.0983. The molecule has 2 aromatic rings. The maximum absolute atomic E-state index is 12.7. The third-order valence-corrected chi connectivity index (χ3v) is 6.33. The number of nitrogens with one attached hydrogen (secondary N) is 1. The molecule has 0 aromatic heterocycles. The Labute approximate surface area is 160 Å². The fraction of sp³-hybridized carbons (Fsp3) is 0.350. The number of hydrogen-bond donors (Lipinski definition) is 2. The van der Waals surface area contributed by atoms with Crippen LogP contribution in [0.3, 0.4) is 0 Å². The molecule has 2 aromatic carbocycles. The zero-order valence-electron chi connectivity index (χ0n) is 15.2. The van der Waals surface area contributed by atoms with E-state index >= 15 is 0 Å². The molecule has 0 saturated carbocycles. The lowest BCUT2D eigenvalue weighted by atomic mass is 9.96. The van der Waals surface area contributed by atoms with Crippen LogP contribution in [0, 0.1) is 5.92 Å². The molecule has 3 rings (SSSR count). The van der Waals surface area contributed by atoms with Crippen molar-refractivity contribution in [1.82, 2.24) is 9.62 Å². The number of carbonyl (C=O) groups excluding carboxylic acids is 1. The van der Waals surface area contributed by atoms with Gasteiger partial charge in [0.2, 0.25) is 10.0 Å². The second kappa shape index (κ2) is 8.65. The van der Waals surface area contributed by atoms with Crippen molar-refractivity contribution in [2.24, 2.45) is 11.7 Å². The van der Waals surface area contributed by atoms with Gasteiger partial charge in [-0.05, 0) is 49.1 Å². The predicted octanol–water partition coefficient (Wildman–Crippen LogP) is 1.98. The molecule has 144 valence electrons. The summed E-state index contributed by atoms with van der Waals surface area (Å²) < 4.78 is 27.8. The topological polar surface area (TPSA) is 92.5 Å². The number of rotatable bonds is 6. The van der Waals surface area contributed by atoms with Crippen LogP contribution < -0.4 is 10.5 Å². The van der Waals surface area contributed by atoms with Gasteiger partial charge in [0.15, 0.2) is 0 Å². The Morgan fingerprint density at radius 2 is 1.78 bits per heavy atom. The number of nitrogens with zero attached hydrogens (tertiary/aromatic N) is 1. The fourth-order valence-corrected chi connectivity index (χ4v) is 4.27. The van der Waals surface area contributed by atoms with Crippen molar-refractivity contribution in [3.63, 3.8) is 0 Å². The van der Waals surface area contributed by atoms with Crippen molar-refractivity contribution >= 4 is 15.9 Å². The van der Waals surface area contributed by atoms with E-state index < -0.39 is 10.0 Å². The third-order valence-electron chi connectivity index (χ3n) is 4.94. The summed E-state index contributed by atoms with van der Waals surface area (Å²) in [6.07, 6.45) is 1.78. The van der Waals surface area contributed by atoms with Crippen LogP contribution in [-0.4, -0.2) is 38.9 Å². The third kappa shape index (κ3) is 4.94. The first-order chi connectivity index (χ1) is 13.0. The highest BCUT2D eigenvalue weighted by Crippen LogP contribution is 2.19. The average molecular weight is 388 g/mol. The van der Waals surface area contributed by atoms with E-state index in [1.54, 1.807) is 17.0 Å². The molecule has 1 heterocycles. The lowest BCUT2D eigenvalue weighted by Gasteiger charge is -2.31. The van der Waals surface area contributed by atoms with Gasteiger partial charge in [0.25, 0.3) is 5.91 Å². The van der Waals surface area contributed by atoms with Gasteiger partial charge in [0.05, 0.1) is 4.90 Å². The molecular formula is C20H25N3O3S. The molecule has 1 aliphatic heterocycles. The molecule has 3 N–H and O–H groups in total. The molecule has 0 atom stereocenters. The van der Waals surface area contributed by atoms with Gasteiger partial charge in [0, 0.05) is 25.2 Å². The lowest BCUT2D eigenvalue weighted by Crippen LogP contribution is -2.40. The number of amides is 1. The highest BCUT2D eigenvalue weighted by Gasteiger charge is 2.24. The van der Waals surface area contributed by atoms with Crippen LogP contribution in [0.25, 0.3) is 0 Å². The summed E-state index contributed by atoms with van der Waals surface area (Å²) in [4.78, 5) is 14.6. The van der Waals surface area contributed by atoms with Crippen LogP contribution in [0.2, 0.25) is 0 Å². The van der Waals surface area contributed by atoms with Crippen molar-refractivity contribution in [1.29, 1.82) is 0 Å². The van der Waals surface area contributed by atoms with Gasteiger partial charge in [0.1, 0.15) is 0 Å². The molecule has 0 spiro atoms. The minimum Gasteiger partial charge on any atom is -0.339 e. The number of benzene rings is 2. The average Bonchev–Trinajstić information content (AvgIpc) is 2.73. The summed E-state index contributed by atoms with van der Waals surface area (Å²) in [5.41, 5.74) is 6.96. The molecule has 0 aliphatic carbocycles. The van der Waals surface area contributed by atoms with Crippen LogP contribution in [0.1, 0.15) is 28.8 Å².